The molecule has 1 aliphatic rings. The van der Waals surface area contributed by atoms with Crippen molar-refractivity contribution in [1.29, 1.82) is 0 Å². The molecule has 0 spiro atoms. The number of anilines is 2. The van der Waals surface area contributed by atoms with Gasteiger partial charge in [-0.25, -0.2) is 14.6 Å². The molecule has 1 amide bonds. The van der Waals surface area contributed by atoms with Gasteiger partial charge in [-0.15, -0.1) is 0 Å². The third-order valence-electron chi connectivity index (χ3n) is 5.13. The number of hydrogen-bond donors (Lipinski definition) is 1. The number of nitrogens with zero attached hydrogens (tertiary/aromatic N) is 6. The Hall–Kier alpha value is -3.26. The first-order chi connectivity index (χ1) is 14.1. The number of hydrogen-bond acceptors (Lipinski definition) is 6. The number of piperazine rings is 1. The lowest BCUT2D eigenvalue weighted by atomic mass is 10.2. The Kier molecular flexibility index (Phi) is 5.53. The fourth-order valence-electron chi connectivity index (χ4n) is 3.59. The number of aryl methyl sites for hydroxylation is 1. The molecule has 1 aromatic carbocycles. The molecule has 29 heavy (non-hydrogen) atoms. The van der Waals surface area contributed by atoms with E-state index >= 15 is 0 Å². The van der Waals surface area contributed by atoms with Crippen molar-refractivity contribution in [1.82, 2.24) is 24.6 Å². The molecular formula is C21H25N7O. The highest BCUT2D eigenvalue weighted by molar-refractivity contribution is 5.93. The van der Waals surface area contributed by atoms with Crippen molar-refractivity contribution in [2.75, 3.05) is 42.9 Å². The number of amides is 1. The van der Waals surface area contributed by atoms with Gasteiger partial charge in [0.25, 0.3) is 0 Å². The lowest BCUT2D eigenvalue weighted by Crippen LogP contribution is -2.49. The highest BCUT2D eigenvalue weighted by Crippen LogP contribution is 2.22. The molecule has 8 nitrogen and oxygen atoms in total. The lowest BCUT2D eigenvalue weighted by molar-refractivity contribution is -0.117. The zero-order valence-corrected chi connectivity index (χ0v) is 16.7. The molecule has 150 valence electrons. The van der Waals surface area contributed by atoms with Gasteiger partial charge >= 0.3 is 0 Å². The molecule has 3 heterocycles. The fourth-order valence-corrected chi connectivity index (χ4v) is 3.59. The van der Waals surface area contributed by atoms with Crippen LogP contribution in [0.3, 0.4) is 0 Å². The first-order valence-electron chi connectivity index (χ1n) is 9.77. The summed E-state index contributed by atoms with van der Waals surface area (Å²) in [5, 5.41) is 7.65. The van der Waals surface area contributed by atoms with Gasteiger partial charge in [0, 0.05) is 38.6 Å². The van der Waals surface area contributed by atoms with Crippen molar-refractivity contribution in [2.24, 2.45) is 0 Å². The normalized spacial score (nSPS) is 14.8. The van der Waals surface area contributed by atoms with E-state index in [0.29, 0.717) is 6.54 Å². The van der Waals surface area contributed by atoms with E-state index in [1.807, 2.05) is 54.9 Å². The van der Waals surface area contributed by atoms with Gasteiger partial charge in [0.15, 0.2) is 0 Å². The molecule has 1 aliphatic heterocycles. The van der Waals surface area contributed by atoms with Crippen LogP contribution in [-0.4, -0.2) is 63.3 Å². The Morgan fingerprint density at radius 2 is 1.69 bits per heavy atom. The lowest BCUT2D eigenvalue weighted by Gasteiger charge is -2.34. The van der Waals surface area contributed by atoms with Gasteiger partial charge in [-0.2, -0.15) is 5.10 Å². The van der Waals surface area contributed by atoms with Crippen LogP contribution >= 0.6 is 0 Å². The Bertz CT molecular complexity index is 963. The zero-order chi connectivity index (χ0) is 20.2. The number of carbonyl (C=O) groups excluding carboxylic acids is 1. The number of carbonyl (C=O) groups is 1. The number of aromatic nitrogens is 4. The summed E-state index contributed by atoms with van der Waals surface area (Å²) in [6.45, 7) is 7.46. The number of benzene rings is 1. The van der Waals surface area contributed by atoms with Crippen molar-refractivity contribution in [2.45, 2.75) is 13.8 Å². The monoisotopic (exact) mass is 391 g/mol. The summed E-state index contributed by atoms with van der Waals surface area (Å²) in [6.07, 6.45) is 3.50. The predicted molar refractivity (Wildman–Crippen MR) is 112 cm³/mol. The van der Waals surface area contributed by atoms with Crippen LogP contribution in [0.2, 0.25) is 0 Å². The quantitative estimate of drug-likeness (QED) is 0.717. The van der Waals surface area contributed by atoms with Gasteiger partial charge in [-0.1, -0.05) is 18.2 Å². The number of nitrogens with one attached hydrogen (secondary N) is 1. The zero-order valence-electron chi connectivity index (χ0n) is 16.7. The number of rotatable bonds is 5. The summed E-state index contributed by atoms with van der Waals surface area (Å²) in [5.74, 6) is 0.726. The van der Waals surface area contributed by atoms with Gasteiger partial charge in [0.2, 0.25) is 11.9 Å². The molecule has 0 saturated carbocycles. The van der Waals surface area contributed by atoms with Crippen molar-refractivity contribution < 1.29 is 4.79 Å². The maximum absolute atomic E-state index is 12.7. The van der Waals surface area contributed by atoms with Crippen LogP contribution in [0, 0.1) is 13.8 Å². The van der Waals surface area contributed by atoms with Gasteiger partial charge < -0.3 is 10.2 Å². The molecule has 1 fully saturated rings. The molecule has 1 N–H and O–H groups in total. The van der Waals surface area contributed by atoms with Crippen LogP contribution in [0.25, 0.3) is 5.69 Å². The third kappa shape index (κ3) is 4.27. The van der Waals surface area contributed by atoms with E-state index < -0.39 is 0 Å². The molecule has 0 atom stereocenters. The van der Waals surface area contributed by atoms with E-state index in [2.05, 4.69) is 30.2 Å². The summed E-state index contributed by atoms with van der Waals surface area (Å²) in [6, 6.07) is 11.7. The standard InChI is InChI=1S/C21H25N7O/c1-16-20(17(2)28(25-16)18-7-4-3-5-8-18)24-19(29)15-26-11-13-27(14-12-26)21-22-9-6-10-23-21/h3-10H,11-15H2,1-2H3,(H,24,29). The molecule has 4 rings (SSSR count). The Balaban J connectivity index is 1.36. The fraction of sp³-hybridized carbons (Fsp3) is 0.333. The van der Waals surface area contributed by atoms with Gasteiger partial charge in [-0.3, -0.25) is 9.69 Å². The third-order valence-corrected chi connectivity index (χ3v) is 5.13. The minimum Gasteiger partial charge on any atom is -0.338 e. The maximum atomic E-state index is 12.7. The van der Waals surface area contributed by atoms with E-state index in [1.54, 1.807) is 12.4 Å². The first-order valence-corrected chi connectivity index (χ1v) is 9.77. The Morgan fingerprint density at radius 3 is 2.38 bits per heavy atom. The van der Waals surface area contributed by atoms with Crippen LogP contribution < -0.4 is 10.2 Å². The first kappa shape index (κ1) is 19.1. The van der Waals surface area contributed by atoms with Gasteiger partial charge in [0.1, 0.15) is 0 Å². The summed E-state index contributed by atoms with van der Waals surface area (Å²) >= 11 is 0. The van der Waals surface area contributed by atoms with Crippen molar-refractivity contribution in [3.05, 3.63) is 60.2 Å². The van der Waals surface area contributed by atoms with Crippen molar-refractivity contribution >= 4 is 17.5 Å². The second kappa shape index (κ2) is 8.40. The number of para-hydroxylation sites is 1. The Labute approximate surface area is 170 Å². The Morgan fingerprint density at radius 1 is 1.00 bits per heavy atom. The SMILES string of the molecule is Cc1nn(-c2ccccc2)c(C)c1NC(=O)CN1CCN(c2ncccn2)CC1. The maximum Gasteiger partial charge on any atom is 0.238 e. The van der Waals surface area contributed by atoms with E-state index in [0.717, 1.165) is 54.9 Å². The molecule has 3 aromatic rings. The van der Waals surface area contributed by atoms with E-state index in [-0.39, 0.29) is 5.91 Å². The van der Waals surface area contributed by atoms with Crippen LogP contribution in [0.15, 0.2) is 48.8 Å². The van der Waals surface area contributed by atoms with Crippen LogP contribution in [0.1, 0.15) is 11.4 Å². The topological polar surface area (TPSA) is 79.2 Å². The van der Waals surface area contributed by atoms with Gasteiger partial charge in [-0.05, 0) is 32.0 Å². The average molecular weight is 391 g/mol. The smallest absolute Gasteiger partial charge is 0.238 e. The second-order valence-corrected chi connectivity index (χ2v) is 7.15. The molecule has 0 aliphatic carbocycles. The van der Waals surface area contributed by atoms with Crippen molar-refractivity contribution in [3.63, 3.8) is 0 Å². The molecule has 0 unspecified atom stereocenters. The molecule has 0 radical (unpaired) electrons. The summed E-state index contributed by atoms with van der Waals surface area (Å²) in [4.78, 5) is 25.6. The highest BCUT2D eigenvalue weighted by atomic mass is 16.2. The summed E-state index contributed by atoms with van der Waals surface area (Å²) in [7, 11) is 0. The minimum absolute atomic E-state index is 0.0202. The molecule has 0 bridgehead atoms. The average Bonchev–Trinajstić information content (AvgIpc) is 3.04. The molecular weight excluding hydrogens is 366 g/mol. The molecule has 2 aromatic heterocycles. The van der Waals surface area contributed by atoms with Crippen LogP contribution in [-0.2, 0) is 4.79 Å². The van der Waals surface area contributed by atoms with E-state index in [1.165, 1.54) is 0 Å². The second-order valence-electron chi connectivity index (χ2n) is 7.15. The predicted octanol–water partition coefficient (Wildman–Crippen LogP) is 2.04. The minimum atomic E-state index is -0.0202. The molecule has 8 heteroatoms. The van der Waals surface area contributed by atoms with Crippen molar-refractivity contribution in [3.8, 4) is 5.69 Å². The highest BCUT2D eigenvalue weighted by Gasteiger charge is 2.22. The van der Waals surface area contributed by atoms with Gasteiger partial charge in [0.05, 0.1) is 29.3 Å². The summed E-state index contributed by atoms with van der Waals surface area (Å²) in [5.41, 5.74) is 3.50. The van der Waals surface area contributed by atoms with Crippen LogP contribution in [0.5, 0.6) is 0 Å². The summed E-state index contributed by atoms with van der Waals surface area (Å²) < 4.78 is 1.86. The largest absolute Gasteiger partial charge is 0.338 e. The van der Waals surface area contributed by atoms with Crippen LogP contribution in [0.4, 0.5) is 11.6 Å². The van der Waals surface area contributed by atoms with E-state index in [9.17, 15) is 4.79 Å². The van der Waals surface area contributed by atoms with E-state index in [4.69, 9.17) is 0 Å². The molecule has 1 saturated heterocycles.